The first-order valence-corrected chi connectivity index (χ1v) is 6.85. The third-order valence-electron chi connectivity index (χ3n) is 3.70. The molecule has 0 saturated heterocycles. The van der Waals surface area contributed by atoms with Gasteiger partial charge in [0.1, 0.15) is 22.9 Å². The van der Waals surface area contributed by atoms with Crippen LogP contribution < -0.4 is 4.74 Å². The predicted octanol–water partition coefficient (Wildman–Crippen LogP) is 2.00. The minimum Gasteiger partial charge on any atom is -0.480 e. The van der Waals surface area contributed by atoms with Gasteiger partial charge in [0.2, 0.25) is 5.88 Å². The molecule has 3 aromatic rings. The minimum atomic E-state index is 0.459. The van der Waals surface area contributed by atoms with Gasteiger partial charge in [-0.15, -0.1) is 0 Å². The summed E-state index contributed by atoms with van der Waals surface area (Å²) < 4.78 is 5.40. The van der Waals surface area contributed by atoms with E-state index < -0.39 is 0 Å². The molecule has 1 aliphatic rings. The first-order chi connectivity index (χ1) is 10.3. The summed E-state index contributed by atoms with van der Waals surface area (Å²) in [5, 5.41) is 6.93. The number of ether oxygens (including phenoxy) is 1. The highest BCUT2D eigenvalue weighted by atomic mass is 16.5. The second kappa shape index (κ2) is 4.47. The fraction of sp³-hybridized carbons (Fsp3) is 0.357. The molecule has 1 saturated carbocycles. The van der Waals surface area contributed by atoms with Crippen LogP contribution in [0.25, 0.3) is 22.4 Å². The van der Waals surface area contributed by atoms with Crippen LogP contribution in [-0.2, 0) is 0 Å². The summed E-state index contributed by atoms with van der Waals surface area (Å²) in [5.41, 5.74) is 4.26. The summed E-state index contributed by atoms with van der Waals surface area (Å²) in [6.45, 7) is 1.93. The molecule has 0 radical (unpaired) electrons. The van der Waals surface area contributed by atoms with Crippen molar-refractivity contribution in [1.82, 2.24) is 30.1 Å². The van der Waals surface area contributed by atoms with Crippen molar-refractivity contribution in [1.29, 1.82) is 0 Å². The minimum absolute atomic E-state index is 0.459. The number of H-pyrrole nitrogens is 1. The van der Waals surface area contributed by atoms with Gasteiger partial charge in [0.15, 0.2) is 5.82 Å². The van der Waals surface area contributed by atoms with E-state index in [0.717, 1.165) is 40.8 Å². The van der Waals surface area contributed by atoms with Crippen molar-refractivity contribution in [2.75, 3.05) is 7.11 Å². The quantitative estimate of drug-likeness (QED) is 0.790. The van der Waals surface area contributed by atoms with Gasteiger partial charge in [0, 0.05) is 5.92 Å². The van der Waals surface area contributed by atoms with E-state index in [2.05, 4.69) is 30.1 Å². The molecule has 0 spiro atoms. The van der Waals surface area contributed by atoms with E-state index in [0.29, 0.717) is 17.6 Å². The van der Waals surface area contributed by atoms with Gasteiger partial charge in [-0.05, 0) is 19.8 Å². The lowest BCUT2D eigenvalue weighted by Gasteiger charge is -2.11. The number of hydrogen-bond acceptors (Lipinski definition) is 6. The van der Waals surface area contributed by atoms with Crippen molar-refractivity contribution < 1.29 is 4.74 Å². The van der Waals surface area contributed by atoms with Crippen molar-refractivity contribution >= 4 is 11.0 Å². The molecule has 7 nitrogen and oxygen atoms in total. The fourth-order valence-electron chi connectivity index (χ4n) is 2.51. The molecule has 1 N–H and O–H groups in total. The fourth-order valence-corrected chi connectivity index (χ4v) is 2.51. The average molecular weight is 282 g/mol. The van der Waals surface area contributed by atoms with E-state index in [9.17, 15) is 0 Å². The maximum Gasteiger partial charge on any atom is 0.227 e. The smallest absolute Gasteiger partial charge is 0.227 e. The number of nitrogens with zero attached hydrogens (tertiary/aromatic N) is 5. The zero-order valence-corrected chi connectivity index (χ0v) is 11.8. The van der Waals surface area contributed by atoms with Crippen LogP contribution >= 0.6 is 0 Å². The largest absolute Gasteiger partial charge is 0.480 e. The molecule has 1 aliphatic carbocycles. The van der Waals surface area contributed by atoms with Gasteiger partial charge in [0.05, 0.1) is 24.7 Å². The van der Waals surface area contributed by atoms with E-state index >= 15 is 0 Å². The van der Waals surface area contributed by atoms with Gasteiger partial charge in [-0.25, -0.2) is 19.9 Å². The van der Waals surface area contributed by atoms with Crippen molar-refractivity contribution in [2.45, 2.75) is 25.7 Å². The molecule has 7 heteroatoms. The molecule has 0 unspecified atom stereocenters. The summed E-state index contributed by atoms with van der Waals surface area (Å²) in [7, 11) is 1.60. The Morgan fingerprint density at radius 1 is 1.24 bits per heavy atom. The van der Waals surface area contributed by atoms with Crippen molar-refractivity contribution in [3.63, 3.8) is 0 Å². The zero-order chi connectivity index (χ0) is 14.4. The number of aromatic amines is 1. The molecule has 3 aromatic heterocycles. The van der Waals surface area contributed by atoms with E-state index in [1.54, 1.807) is 19.6 Å². The van der Waals surface area contributed by atoms with E-state index in [-0.39, 0.29) is 0 Å². The molecular weight excluding hydrogens is 268 g/mol. The molecule has 0 amide bonds. The van der Waals surface area contributed by atoms with Gasteiger partial charge >= 0.3 is 0 Å². The molecule has 21 heavy (non-hydrogen) atoms. The SMILES string of the molecule is COc1ncnc(C2CC2)c1-c1nc(C)c2[nH]ncc2n1. The standard InChI is InChI=1S/C14H14N6O/c1-7-11-9(5-17-20-11)19-13(18-7)10-12(8-3-4-8)15-6-16-14(10)21-2/h5-6,8H,3-4H2,1-2H3,(H,17,20). The lowest BCUT2D eigenvalue weighted by Crippen LogP contribution is -2.03. The summed E-state index contributed by atoms with van der Waals surface area (Å²) in [6.07, 6.45) is 5.51. The number of fused-ring (bicyclic) bond motifs is 1. The third-order valence-corrected chi connectivity index (χ3v) is 3.70. The molecule has 0 aromatic carbocycles. The van der Waals surface area contributed by atoms with Crippen molar-refractivity contribution in [3.05, 3.63) is 23.9 Å². The Balaban J connectivity index is 1.98. The number of aryl methyl sites for hydroxylation is 1. The highest BCUT2D eigenvalue weighted by molar-refractivity contribution is 5.79. The normalized spacial score (nSPS) is 14.6. The first-order valence-electron chi connectivity index (χ1n) is 6.85. The first kappa shape index (κ1) is 12.2. The van der Waals surface area contributed by atoms with Gasteiger partial charge in [-0.1, -0.05) is 0 Å². The lowest BCUT2D eigenvalue weighted by molar-refractivity contribution is 0.397. The topological polar surface area (TPSA) is 89.5 Å². The van der Waals surface area contributed by atoms with E-state index in [1.165, 1.54) is 0 Å². The van der Waals surface area contributed by atoms with E-state index in [1.807, 2.05) is 6.92 Å². The second-order valence-electron chi connectivity index (χ2n) is 5.18. The van der Waals surface area contributed by atoms with Crippen LogP contribution in [0.4, 0.5) is 0 Å². The Morgan fingerprint density at radius 2 is 2.10 bits per heavy atom. The number of rotatable bonds is 3. The van der Waals surface area contributed by atoms with Crippen LogP contribution in [0.2, 0.25) is 0 Å². The average Bonchev–Trinajstić information content (AvgIpc) is 3.24. The molecule has 4 rings (SSSR count). The van der Waals surface area contributed by atoms with Crippen LogP contribution in [-0.4, -0.2) is 37.2 Å². The van der Waals surface area contributed by atoms with Crippen LogP contribution in [0.1, 0.15) is 30.1 Å². The Bertz CT molecular complexity index is 823. The maximum atomic E-state index is 5.40. The van der Waals surface area contributed by atoms with Crippen LogP contribution in [0.5, 0.6) is 5.88 Å². The summed E-state index contributed by atoms with van der Waals surface area (Å²) >= 11 is 0. The van der Waals surface area contributed by atoms with Gasteiger partial charge in [-0.2, -0.15) is 5.10 Å². The molecular formula is C14H14N6O. The van der Waals surface area contributed by atoms with Gasteiger partial charge in [-0.3, -0.25) is 5.10 Å². The highest BCUT2D eigenvalue weighted by Crippen LogP contribution is 2.44. The van der Waals surface area contributed by atoms with Crippen LogP contribution in [0.3, 0.4) is 0 Å². The summed E-state index contributed by atoms with van der Waals surface area (Å²) in [4.78, 5) is 17.8. The Hall–Kier alpha value is -2.57. The van der Waals surface area contributed by atoms with Crippen LogP contribution in [0, 0.1) is 6.92 Å². The molecule has 106 valence electrons. The van der Waals surface area contributed by atoms with Gasteiger partial charge < -0.3 is 4.74 Å². The van der Waals surface area contributed by atoms with Crippen molar-refractivity contribution in [3.8, 4) is 17.3 Å². The summed E-state index contributed by atoms with van der Waals surface area (Å²) in [6, 6.07) is 0. The second-order valence-corrected chi connectivity index (χ2v) is 5.18. The molecule has 0 aliphatic heterocycles. The predicted molar refractivity (Wildman–Crippen MR) is 76.0 cm³/mol. The maximum absolute atomic E-state index is 5.40. The molecule has 0 bridgehead atoms. The van der Waals surface area contributed by atoms with Crippen LogP contribution in [0.15, 0.2) is 12.5 Å². The highest BCUT2D eigenvalue weighted by Gasteiger charge is 2.31. The Morgan fingerprint density at radius 3 is 2.86 bits per heavy atom. The Labute approximate surface area is 120 Å². The van der Waals surface area contributed by atoms with Gasteiger partial charge in [0.25, 0.3) is 0 Å². The molecule has 0 atom stereocenters. The Kier molecular flexibility index (Phi) is 2.60. The summed E-state index contributed by atoms with van der Waals surface area (Å²) in [5.74, 6) is 1.58. The molecule has 3 heterocycles. The number of nitrogens with one attached hydrogen (secondary N) is 1. The molecule has 1 fully saturated rings. The number of hydrogen-bond donors (Lipinski definition) is 1. The lowest BCUT2D eigenvalue weighted by atomic mass is 10.1. The van der Waals surface area contributed by atoms with E-state index in [4.69, 9.17) is 4.74 Å². The number of methoxy groups -OCH3 is 1. The monoisotopic (exact) mass is 282 g/mol. The third kappa shape index (κ3) is 1.93. The zero-order valence-electron chi connectivity index (χ0n) is 11.8. The van der Waals surface area contributed by atoms with Crippen molar-refractivity contribution in [2.24, 2.45) is 0 Å². The number of aromatic nitrogens is 6.